The molecular formula is C23H28N2O2. The highest BCUT2D eigenvalue weighted by atomic mass is 16.2. The molecule has 0 unspecified atom stereocenters. The number of carbonyl (C=O) groups is 2. The summed E-state index contributed by atoms with van der Waals surface area (Å²) in [5.41, 5.74) is 3.21. The molecule has 1 aliphatic heterocycles. The molecule has 0 saturated carbocycles. The number of benzene rings is 2. The summed E-state index contributed by atoms with van der Waals surface area (Å²) in [6, 6.07) is 14.9. The Morgan fingerprint density at radius 3 is 1.93 bits per heavy atom. The van der Waals surface area contributed by atoms with E-state index in [0.717, 1.165) is 25.9 Å². The molecule has 142 valence electrons. The predicted octanol–water partition coefficient (Wildman–Crippen LogP) is 5.08. The quantitative estimate of drug-likeness (QED) is 0.822. The molecule has 0 spiro atoms. The van der Waals surface area contributed by atoms with Gasteiger partial charge in [0.2, 0.25) is 0 Å². The second-order valence-electron chi connectivity index (χ2n) is 7.51. The van der Waals surface area contributed by atoms with Gasteiger partial charge in [0, 0.05) is 29.9 Å². The molecule has 4 heteroatoms. The Bertz CT molecular complexity index is 771. The van der Waals surface area contributed by atoms with Crippen LogP contribution in [0.4, 0.5) is 5.69 Å². The van der Waals surface area contributed by atoms with Gasteiger partial charge in [-0.3, -0.25) is 9.59 Å². The van der Waals surface area contributed by atoms with Crippen molar-refractivity contribution in [2.45, 2.75) is 45.4 Å². The summed E-state index contributed by atoms with van der Waals surface area (Å²) in [6.45, 7) is 5.93. The second-order valence-corrected chi connectivity index (χ2v) is 7.51. The largest absolute Gasteiger partial charge is 0.339 e. The summed E-state index contributed by atoms with van der Waals surface area (Å²) < 4.78 is 0. The fraction of sp³-hybridized carbons (Fsp3) is 0.391. The number of carbonyl (C=O) groups excluding carboxylic acids is 2. The first-order chi connectivity index (χ1) is 13.0. The third-order valence-electron chi connectivity index (χ3n) is 5.12. The van der Waals surface area contributed by atoms with E-state index in [1.54, 1.807) is 24.3 Å². The second kappa shape index (κ2) is 8.85. The minimum absolute atomic E-state index is 0.0825. The van der Waals surface area contributed by atoms with Crippen molar-refractivity contribution >= 4 is 17.5 Å². The molecule has 0 radical (unpaired) electrons. The first kappa shape index (κ1) is 19.2. The third-order valence-corrected chi connectivity index (χ3v) is 5.12. The molecule has 1 saturated heterocycles. The van der Waals surface area contributed by atoms with Crippen molar-refractivity contribution in [1.29, 1.82) is 0 Å². The van der Waals surface area contributed by atoms with E-state index in [2.05, 4.69) is 19.2 Å². The van der Waals surface area contributed by atoms with Crippen LogP contribution in [0.15, 0.2) is 48.5 Å². The molecule has 27 heavy (non-hydrogen) atoms. The number of hydrogen-bond acceptors (Lipinski definition) is 2. The molecule has 4 nitrogen and oxygen atoms in total. The van der Waals surface area contributed by atoms with Gasteiger partial charge in [-0.2, -0.15) is 0 Å². The fourth-order valence-corrected chi connectivity index (χ4v) is 3.38. The van der Waals surface area contributed by atoms with Crippen molar-refractivity contribution < 1.29 is 9.59 Å². The van der Waals surface area contributed by atoms with Gasteiger partial charge in [-0.25, -0.2) is 0 Å². The molecule has 1 N–H and O–H groups in total. The van der Waals surface area contributed by atoms with Gasteiger partial charge in [-0.15, -0.1) is 0 Å². The maximum absolute atomic E-state index is 12.6. The molecule has 0 atom stereocenters. The zero-order valence-electron chi connectivity index (χ0n) is 16.2. The predicted molar refractivity (Wildman–Crippen MR) is 109 cm³/mol. The topological polar surface area (TPSA) is 49.4 Å². The van der Waals surface area contributed by atoms with Gasteiger partial charge in [0.25, 0.3) is 11.8 Å². The summed E-state index contributed by atoms with van der Waals surface area (Å²) in [7, 11) is 0. The Labute approximate surface area is 161 Å². The number of anilines is 1. The molecule has 0 bridgehead atoms. The average molecular weight is 364 g/mol. The van der Waals surface area contributed by atoms with Gasteiger partial charge in [0.05, 0.1) is 0 Å². The standard InChI is InChI=1S/C23H28N2O2/c1-17(2)18-7-9-19(10-8-18)22(26)24-21-13-11-20(12-14-21)23(27)25-15-5-3-4-6-16-25/h7-14,17H,3-6,15-16H2,1-2H3,(H,24,26). The van der Waals surface area contributed by atoms with E-state index in [0.29, 0.717) is 22.7 Å². The van der Waals surface area contributed by atoms with Crippen molar-refractivity contribution in [3.05, 3.63) is 65.2 Å². The lowest BCUT2D eigenvalue weighted by atomic mass is 10.0. The summed E-state index contributed by atoms with van der Waals surface area (Å²) in [5.74, 6) is 0.382. The number of likely N-dealkylation sites (tertiary alicyclic amines) is 1. The van der Waals surface area contributed by atoms with Gasteiger partial charge in [-0.1, -0.05) is 38.8 Å². The van der Waals surface area contributed by atoms with E-state index < -0.39 is 0 Å². The minimum Gasteiger partial charge on any atom is -0.339 e. The van der Waals surface area contributed by atoms with Crippen LogP contribution in [0.1, 0.15) is 71.7 Å². The summed E-state index contributed by atoms with van der Waals surface area (Å²) in [6.07, 6.45) is 4.56. The van der Waals surface area contributed by atoms with E-state index in [-0.39, 0.29) is 11.8 Å². The van der Waals surface area contributed by atoms with Crippen LogP contribution in [0.5, 0.6) is 0 Å². The van der Waals surface area contributed by atoms with Crippen molar-refractivity contribution in [2.24, 2.45) is 0 Å². The lowest BCUT2D eigenvalue weighted by Crippen LogP contribution is -2.31. The van der Waals surface area contributed by atoms with Crippen LogP contribution in [0, 0.1) is 0 Å². The molecule has 2 aromatic carbocycles. The van der Waals surface area contributed by atoms with E-state index in [4.69, 9.17) is 0 Å². The number of amides is 2. The first-order valence-corrected chi connectivity index (χ1v) is 9.85. The number of nitrogens with one attached hydrogen (secondary N) is 1. The minimum atomic E-state index is -0.142. The Balaban J connectivity index is 1.62. The number of rotatable bonds is 4. The Hall–Kier alpha value is -2.62. The van der Waals surface area contributed by atoms with Gasteiger partial charge < -0.3 is 10.2 Å². The Kier molecular flexibility index (Phi) is 6.28. The van der Waals surface area contributed by atoms with Crippen LogP contribution in [-0.4, -0.2) is 29.8 Å². The molecule has 1 heterocycles. The highest BCUT2D eigenvalue weighted by molar-refractivity contribution is 6.04. The van der Waals surface area contributed by atoms with Crippen LogP contribution >= 0.6 is 0 Å². The van der Waals surface area contributed by atoms with E-state index in [9.17, 15) is 9.59 Å². The van der Waals surface area contributed by atoms with Gasteiger partial charge in [-0.05, 0) is 60.7 Å². The van der Waals surface area contributed by atoms with Crippen molar-refractivity contribution in [3.63, 3.8) is 0 Å². The first-order valence-electron chi connectivity index (χ1n) is 9.85. The molecule has 3 rings (SSSR count). The van der Waals surface area contributed by atoms with Crippen LogP contribution in [-0.2, 0) is 0 Å². The van der Waals surface area contributed by atoms with Crippen molar-refractivity contribution in [2.75, 3.05) is 18.4 Å². The molecule has 2 aromatic rings. The lowest BCUT2D eigenvalue weighted by Gasteiger charge is -2.20. The zero-order chi connectivity index (χ0) is 19.2. The molecule has 0 aromatic heterocycles. The summed E-state index contributed by atoms with van der Waals surface area (Å²) in [5, 5.41) is 2.90. The molecule has 2 amide bonds. The SMILES string of the molecule is CC(C)c1ccc(C(=O)Nc2ccc(C(=O)N3CCCCCC3)cc2)cc1. The Morgan fingerprint density at radius 2 is 1.37 bits per heavy atom. The number of hydrogen-bond donors (Lipinski definition) is 1. The highest BCUT2D eigenvalue weighted by Gasteiger charge is 2.17. The van der Waals surface area contributed by atoms with Crippen LogP contribution in [0.3, 0.4) is 0 Å². The fourth-order valence-electron chi connectivity index (χ4n) is 3.38. The molecule has 1 fully saturated rings. The maximum Gasteiger partial charge on any atom is 0.255 e. The molecule has 0 aliphatic carbocycles. The van der Waals surface area contributed by atoms with Crippen LogP contribution in [0.25, 0.3) is 0 Å². The van der Waals surface area contributed by atoms with E-state index in [1.807, 2.05) is 29.2 Å². The zero-order valence-corrected chi connectivity index (χ0v) is 16.2. The average Bonchev–Trinajstić information content (AvgIpc) is 2.97. The highest BCUT2D eigenvalue weighted by Crippen LogP contribution is 2.18. The molecule has 1 aliphatic rings. The normalized spacial score (nSPS) is 14.7. The maximum atomic E-state index is 12.6. The monoisotopic (exact) mass is 364 g/mol. The van der Waals surface area contributed by atoms with Gasteiger partial charge in [0.15, 0.2) is 0 Å². The summed E-state index contributed by atoms with van der Waals surface area (Å²) in [4.78, 5) is 27.0. The van der Waals surface area contributed by atoms with Crippen LogP contribution < -0.4 is 5.32 Å². The smallest absolute Gasteiger partial charge is 0.255 e. The van der Waals surface area contributed by atoms with Crippen LogP contribution in [0.2, 0.25) is 0 Å². The lowest BCUT2D eigenvalue weighted by molar-refractivity contribution is 0.0761. The van der Waals surface area contributed by atoms with Gasteiger partial charge in [0.1, 0.15) is 0 Å². The van der Waals surface area contributed by atoms with Gasteiger partial charge >= 0.3 is 0 Å². The van der Waals surface area contributed by atoms with Crippen molar-refractivity contribution in [1.82, 2.24) is 4.90 Å². The van der Waals surface area contributed by atoms with E-state index in [1.165, 1.54) is 18.4 Å². The Morgan fingerprint density at radius 1 is 0.815 bits per heavy atom. The number of nitrogens with zero attached hydrogens (tertiary/aromatic N) is 1. The molecular weight excluding hydrogens is 336 g/mol. The summed E-state index contributed by atoms with van der Waals surface area (Å²) >= 11 is 0. The van der Waals surface area contributed by atoms with Crippen molar-refractivity contribution in [3.8, 4) is 0 Å². The third kappa shape index (κ3) is 4.97. The van der Waals surface area contributed by atoms with E-state index >= 15 is 0 Å².